The van der Waals surface area contributed by atoms with E-state index in [9.17, 15) is 9.59 Å². The molecule has 0 N–H and O–H groups in total. The fraction of sp³-hybridized carbons (Fsp3) is 0. The average Bonchev–Trinajstić information content (AvgIpc) is 3.08. The standard InChI is InChI=1S/C38H24N2O2/c41-23-31-21-29(13-17-33(31)25-7-3-1-4-8-25)35-19-15-27-11-12-28-16-20-36(40-38(28)37(27)39-35)30-14-18-34(32(22-30)24-42)26-9-5-2-6-10-26/h1-24H. The fourth-order valence-corrected chi connectivity index (χ4v) is 5.49. The van der Waals surface area contributed by atoms with E-state index in [0.29, 0.717) is 11.1 Å². The molecule has 0 atom stereocenters. The SMILES string of the molecule is O=Cc1cc(-c2ccc3ccc4ccc(-c5ccc(-c6ccccc6)c(C=O)c5)nc4c3n2)ccc1-c1ccccc1. The van der Waals surface area contributed by atoms with Crippen molar-refractivity contribution in [3.63, 3.8) is 0 Å². The van der Waals surface area contributed by atoms with E-state index in [1.54, 1.807) is 0 Å². The van der Waals surface area contributed by atoms with Gasteiger partial charge in [-0.05, 0) is 46.5 Å². The largest absolute Gasteiger partial charge is 0.298 e. The topological polar surface area (TPSA) is 59.9 Å². The van der Waals surface area contributed by atoms with E-state index in [1.807, 2.05) is 133 Å². The minimum atomic E-state index is 0.615. The molecule has 0 aliphatic carbocycles. The Morgan fingerprint density at radius 1 is 0.405 bits per heavy atom. The van der Waals surface area contributed by atoms with E-state index in [4.69, 9.17) is 9.97 Å². The van der Waals surface area contributed by atoms with Gasteiger partial charge >= 0.3 is 0 Å². The van der Waals surface area contributed by atoms with Gasteiger partial charge in [0.2, 0.25) is 0 Å². The summed E-state index contributed by atoms with van der Waals surface area (Å²) in [5.41, 5.74) is 9.81. The summed E-state index contributed by atoms with van der Waals surface area (Å²) >= 11 is 0. The van der Waals surface area contributed by atoms with E-state index in [-0.39, 0.29) is 0 Å². The first kappa shape index (κ1) is 25.2. The van der Waals surface area contributed by atoms with Crippen LogP contribution in [0.15, 0.2) is 133 Å². The highest BCUT2D eigenvalue weighted by atomic mass is 16.1. The van der Waals surface area contributed by atoms with Crippen LogP contribution in [0.3, 0.4) is 0 Å². The molecule has 0 saturated heterocycles. The van der Waals surface area contributed by atoms with E-state index in [1.165, 1.54) is 0 Å². The third-order valence-corrected chi connectivity index (χ3v) is 7.64. The van der Waals surface area contributed by atoms with Crippen LogP contribution >= 0.6 is 0 Å². The van der Waals surface area contributed by atoms with Crippen LogP contribution in [-0.2, 0) is 0 Å². The fourth-order valence-electron chi connectivity index (χ4n) is 5.49. The Balaban J connectivity index is 1.33. The van der Waals surface area contributed by atoms with E-state index >= 15 is 0 Å². The Morgan fingerprint density at radius 3 is 1.21 bits per heavy atom. The lowest BCUT2D eigenvalue weighted by atomic mass is 9.96. The molecule has 2 aromatic heterocycles. The number of rotatable bonds is 6. The van der Waals surface area contributed by atoms with Crippen LogP contribution in [0.1, 0.15) is 20.7 Å². The first-order chi connectivity index (χ1) is 20.7. The summed E-state index contributed by atoms with van der Waals surface area (Å²) in [5, 5.41) is 1.95. The van der Waals surface area contributed by atoms with Crippen molar-refractivity contribution in [3.05, 3.63) is 145 Å². The van der Waals surface area contributed by atoms with Crippen LogP contribution in [0.25, 0.3) is 66.6 Å². The third-order valence-electron chi connectivity index (χ3n) is 7.64. The maximum absolute atomic E-state index is 12.0. The zero-order valence-corrected chi connectivity index (χ0v) is 22.6. The Bertz CT molecular complexity index is 1970. The second-order valence-electron chi connectivity index (χ2n) is 10.2. The Labute approximate surface area is 243 Å². The lowest BCUT2D eigenvalue weighted by molar-refractivity contribution is 0.111. The molecule has 42 heavy (non-hydrogen) atoms. The quantitative estimate of drug-likeness (QED) is 0.156. The number of carbonyl (C=O) groups excluding carboxylic acids is 2. The predicted octanol–water partition coefficient (Wildman–Crippen LogP) is 9.08. The maximum Gasteiger partial charge on any atom is 0.150 e. The minimum absolute atomic E-state index is 0.615. The molecule has 0 aliphatic heterocycles. The van der Waals surface area contributed by atoms with E-state index in [0.717, 1.165) is 79.1 Å². The van der Waals surface area contributed by atoms with Crippen molar-refractivity contribution in [2.45, 2.75) is 0 Å². The van der Waals surface area contributed by atoms with Gasteiger partial charge in [0.1, 0.15) is 0 Å². The molecule has 7 rings (SSSR count). The molecule has 4 nitrogen and oxygen atoms in total. The molecule has 2 heterocycles. The number of nitrogens with zero attached hydrogens (tertiary/aromatic N) is 2. The van der Waals surface area contributed by atoms with Gasteiger partial charge in [0.05, 0.1) is 22.4 Å². The smallest absolute Gasteiger partial charge is 0.150 e. The molecular weight excluding hydrogens is 516 g/mol. The lowest BCUT2D eigenvalue weighted by Crippen LogP contribution is -1.94. The first-order valence-electron chi connectivity index (χ1n) is 13.7. The van der Waals surface area contributed by atoms with Crippen molar-refractivity contribution in [1.82, 2.24) is 9.97 Å². The Kier molecular flexibility index (Phi) is 6.42. The van der Waals surface area contributed by atoms with E-state index in [2.05, 4.69) is 0 Å². The molecule has 7 aromatic rings. The van der Waals surface area contributed by atoms with Crippen molar-refractivity contribution < 1.29 is 9.59 Å². The summed E-state index contributed by atoms with van der Waals surface area (Å²) in [4.78, 5) is 34.2. The highest BCUT2D eigenvalue weighted by molar-refractivity contribution is 6.04. The molecule has 5 aromatic carbocycles. The van der Waals surface area contributed by atoms with Crippen LogP contribution in [0.2, 0.25) is 0 Å². The maximum atomic E-state index is 12.0. The van der Waals surface area contributed by atoms with Gasteiger partial charge < -0.3 is 0 Å². The normalized spacial score (nSPS) is 11.0. The monoisotopic (exact) mass is 540 g/mol. The zero-order chi connectivity index (χ0) is 28.5. The van der Waals surface area contributed by atoms with Gasteiger partial charge in [-0.2, -0.15) is 0 Å². The van der Waals surface area contributed by atoms with Crippen LogP contribution in [0.5, 0.6) is 0 Å². The molecule has 0 bridgehead atoms. The molecule has 0 aliphatic rings. The van der Waals surface area contributed by atoms with Gasteiger partial charge in [-0.3, -0.25) is 9.59 Å². The molecule has 0 spiro atoms. The van der Waals surface area contributed by atoms with Gasteiger partial charge in [-0.25, -0.2) is 9.97 Å². The van der Waals surface area contributed by atoms with Gasteiger partial charge in [0.15, 0.2) is 12.6 Å². The molecule has 0 amide bonds. The van der Waals surface area contributed by atoms with Crippen molar-refractivity contribution >= 4 is 34.4 Å². The molecule has 0 radical (unpaired) electrons. The number of carbonyl (C=O) groups is 2. The number of fused-ring (bicyclic) bond motifs is 3. The zero-order valence-electron chi connectivity index (χ0n) is 22.6. The van der Waals surface area contributed by atoms with E-state index < -0.39 is 0 Å². The lowest BCUT2D eigenvalue weighted by Gasteiger charge is -2.11. The Morgan fingerprint density at radius 2 is 0.810 bits per heavy atom. The summed E-state index contributed by atoms with van der Waals surface area (Å²) in [6.07, 6.45) is 1.79. The minimum Gasteiger partial charge on any atom is -0.298 e. The number of hydrogen-bond acceptors (Lipinski definition) is 4. The molecule has 0 fully saturated rings. The van der Waals surface area contributed by atoms with Gasteiger partial charge in [-0.15, -0.1) is 0 Å². The van der Waals surface area contributed by atoms with Gasteiger partial charge in [0, 0.05) is 33.0 Å². The molecular formula is C38H24N2O2. The summed E-state index contributed by atoms with van der Waals surface area (Å²) in [5.74, 6) is 0. The van der Waals surface area contributed by atoms with Crippen LogP contribution < -0.4 is 0 Å². The highest BCUT2D eigenvalue weighted by Crippen LogP contribution is 2.32. The van der Waals surface area contributed by atoms with Crippen molar-refractivity contribution in [2.24, 2.45) is 0 Å². The van der Waals surface area contributed by atoms with Crippen LogP contribution in [0.4, 0.5) is 0 Å². The number of benzene rings is 5. The summed E-state index contributed by atoms with van der Waals surface area (Å²) in [7, 11) is 0. The van der Waals surface area contributed by atoms with Crippen LogP contribution in [-0.4, -0.2) is 22.5 Å². The molecule has 198 valence electrons. The molecule has 0 saturated carbocycles. The third kappa shape index (κ3) is 4.55. The summed E-state index contributed by atoms with van der Waals surface area (Å²) < 4.78 is 0. The summed E-state index contributed by atoms with van der Waals surface area (Å²) in [6, 6.07) is 43.6. The number of aldehydes is 2. The van der Waals surface area contributed by atoms with Crippen molar-refractivity contribution in [1.29, 1.82) is 0 Å². The highest BCUT2D eigenvalue weighted by Gasteiger charge is 2.13. The van der Waals surface area contributed by atoms with Gasteiger partial charge in [-0.1, -0.05) is 109 Å². The second kappa shape index (κ2) is 10.7. The van der Waals surface area contributed by atoms with Crippen molar-refractivity contribution in [2.75, 3.05) is 0 Å². The second-order valence-corrected chi connectivity index (χ2v) is 10.2. The average molecular weight is 541 g/mol. The number of pyridine rings is 2. The number of aromatic nitrogens is 2. The molecule has 0 unspecified atom stereocenters. The van der Waals surface area contributed by atoms with Gasteiger partial charge in [0.25, 0.3) is 0 Å². The van der Waals surface area contributed by atoms with Crippen LogP contribution in [0, 0.1) is 0 Å². The predicted molar refractivity (Wildman–Crippen MR) is 170 cm³/mol. The molecule has 4 heteroatoms. The number of hydrogen-bond donors (Lipinski definition) is 0. The van der Waals surface area contributed by atoms with Crippen molar-refractivity contribution in [3.8, 4) is 44.8 Å². The first-order valence-corrected chi connectivity index (χ1v) is 13.7. The summed E-state index contributed by atoms with van der Waals surface area (Å²) in [6.45, 7) is 0. The Hall–Kier alpha value is -5.74.